The molecule has 3 nitrogen and oxygen atoms in total. The summed E-state index contributed by atoms with van der Waals surface area (Å²) in [5, 5.41) is 8.82. The second-order valence-electron chi connectivity index (χ2n) is 3.49. The van der Waals surface area contributed by atoms with Crippen molar-refractivity contribution in [1.29, 1.82) is 0 Å². The highest BCUT2D eigenvalue weighted by Gasteiger charge is 2.18. The van der Waals surface area contributed by atoms with Gasteiger partial charge < -0.3 is 9.84 Å². The molecule has 1 aliphatic heterocycles. The van der Waals surface area contributed by atoms with Crippen LogP contribution in [0.1, 0.15) is 28.3 Å². The van der Waals surface area contributed by atoms with Crippen LogP contribution in [0.4, 0.5) is 0 Å². The zero-order chi connectivity index (χ0) is 9.97. The molecule has 2 rings (SSSR count). The number of carbonyl (C=O) groups is 1. The summed E-state index contributed by atoms with van der Waals surface area (Å²) in [6, 6.07) is 7.10. The van der Waals surface area contributed by atoms with E-state index in [1.165, 1.54) is 0 Å². The van der Waals surface area contributed by atoms with Gasteiger partial charge in [0.05, 0.1) is 12.2 Å². The molecule has 0 bridgehead atoms. The molecule has 0 saturated carbocycles. The first-order valence-corrected chi connectivity index (χ1v) is 4.68. The van der Waals surface area contributed by atoms with Gasteiger partial charge in [0.25, 0.3) is 0 Å². The summed E-state index contributed by atoms with van der Waals surface area (Å²) in [7, 11) is 0. The van der Waals surface area contributed by atoms with Crippen LogP contribution in [0.2, 0.25) is 0 Å². The van der Waals surface area contributed by atoms with E-state index in [0.29, 0.717) is 18.1 Å². The van der Waals surface area contributed by atoms with Gasteiger partial charge in [0, 0.05) is 12.5 Å². The number of carboxylic acid groups (broad SMARTS) is 1. The number of benzene rings is 1. The van der Waals surface area contributed by atoms with Crippen molar-refractivity contribution >= 4 is 5.97 Å². The Bertz CT molecular complexity index is 340. The van der Waals surface area contributed by atoms with Gasteiger partial charge in [-0.15, -0.1) is 0 Å². The highest BCUT2D eigenvalue weighted by molar-refractivity contribution is 5.87. The van der Waals surface area contributed by atoms with Gasteiger partial charge in [0.15, 0.2) is 0 Å². The van der Waals surface area contributed by atoms with Gasteiger partial charge in [-0.2, -0.15) is 0 Å². The number of aromatic carboxylic acids is 1. The van der Waals surface area contributed by atoms with Gasteiger partial charge >= 0.3 is 5.97 Å². The lowest BCUT2D eigenvalue weighted by Gasteiger charge is -2.07. The molecular formula is C11H12O3. The van der Waals surface area contributed by atoms with Crippen molar-refractivity contribution in [2.75, 3.05) is 13.2 Å². The molecule has 3 heteroatoms. The molecule has 1 heterocycles. The number of hydrogen-bond donors (Lipinski definition) is 1. The third kappa shape index (κ3) is 1.77. The molecule has 1 atom stereocenters. The first-order valence-electron chi connectivity index (χ1n) is 4.68. The van der Waals surface area contributed by atoms with E-state index in [9.17, 15) is 4.79 Å². The normalized spacial score (nSPS) is 21.0. The van der Waals surface area contributed by atoms with Crippen LogP contribution in [0.5, 0.6) is 0 Å². The lowest BCUT2D eigenvalue weighted by Crippen LogP contribution is -2.01. The van der Waals surface area contributed by atoms with Gasteiger partial charge in [0.2, 0.25) is 0 Å². The predicted octanol–water partition coefficient (Wildman–Crippen LogP) is 1.89. The Balaban J connectivity index is 2.25. The number of hydrogen-bond acceptors (Lipinski definition) is 2. The van der Waals surface area contributed by atoms with Gasteiger partial charge in [-0.3, -0.25) is 0 Å². The van der Waals surface area contributed by atoms with E-state index in [1.807, 2.05) is 6.07 Å². The Morgan fingerprint density at radius 1 is 1.50 bits per heavy atom. The van der Waals surface area contributed by atoms with Crippen molar-refractivity contribution in [3.8, 4) is 0 Å². The molecule has 0 unspecified atom stereocenters. The molecule has 1 aliphatic rings. The fraction of sp³-hybridized carbons (Fsp3) is 0.364. The third-order valence-electron chi connectivity index (χ3n) is 2.53. The summed E-state index contributed by atoms with van der Waals surface area (Å²) in [6.07, 6.45) is 0.989. The smallest absolute Gasteiger partial charge is 0.335 e. The van der Waals surface area contributed by atoms with Crippen LogP contribution < -0.4 is 0 Å². The molecule has 1 fully saturated rings. The zero-order valence-corrected chi connectivity index (χ0v) is 7.77. The zero-order valence-electron chi connectivity index (χ0n) is 7.77. The van der Waals surface area contributed by atoms with E-state index in [1.54, 1.807) is 18.2 Å². The molecule has 1 aromatic carbocycles. The maximum absolute atomic E-state index is 10.7. The molecular weight excluding hydrogens is 180 g/mol. The van der Waals surface area contributed by atoms with E-state index < -0.39 is 5.97 Å². The van der Waals surface area contributed by atoms with Gasteiger partial charge in [-0.1, -0.05) is 12.1 Å². The van der Waals surface area contributed by atoms with E-state index in [-0.39, 0.29) is 0 Å². The van der Waals surface area contributed by atoms with Crippen molar-refractivity contribution < 1.29 is 14.6 Å². The maximum atomic E-state index is 10.7. The van der Waals surface area contributed by atoms with E-state index in [0.717, 1.165) is 18.6 Å². The van der Waals surface area contributed by atoms with Crippen molar-refractivity contribution in [2.45, 2.75) is 12.3 Å². The monoisotopic (exact) mass is 192 g/mol. The van der Waals surface area contributed by atoms with Crippen LogP contribution in [0.25, 0.3) is 0 Å². The summed E-state index contributed by atoms with van der Waals surface area (Å²) in [5.74, 6) is -0.500. The quantitative estimate of drug-likeness (QED) is 0.778. The topological polar surface area (TPSA) is 46.5 Å². The average molecular weight is 192 g/mol. The highest BCUT2D eigenvalue weighted by atomic mass is 16.5. The Morgan fingerprint density at radius 2 is 2.36 bits per heavy atom. The summed E-state index contributed by atoms with van der Waals surface area (Å²) in [4.78, 5) is 10.7. The van der Waals surface area contributed by atoms with Gasteiger partial charge in [-0.25, -0.2) is 4.79 Å². The predicted molar refractivity (Wildman–Crippen MR) is 51.6 cm³/mol. The summed E-state index contributed by atoms with van der Waals surface area (Å²) >= 11 is 0. The van der Waals surface area contributed by atoms with E-state index in [2.05, 4.69) is 0 Å². The molecule has 74 valence electrons. The van der Waals surface area contributed by atoms with Crippen LogP contribution >= 0.6 is 0 Å². The molecule has 1 N–H and O–H groups in total. The minimum atomic E-state index is -0.870. The average Bonchev–Trinajstić information content (AvgIpc) is 2.71. The Labute approximate surface area is 82.3 Å². The van der Waals surface area contributed by atoms with Crippen molar-refractivity contribution in [1.82, 2.24) is 0 Å². The van der Waals surface area contributed by atoms with Gasteiger partial charge in [0.1, 0.15) is 0 Å². The molecule has 1 aromatic rings. The largest absolute Gasteiger partial charge is 0.478 e. The Morgan fingerprint density at radius 3 is 3.00 bits per heavy atom. The molecule has 0 amide bonds. The minimum absolute atomic E-state index is 0.356. The van der Waals surface area contributed by atoms with Gasteiger partial charge in [-0.05, 0) is 24.1 Å². The van der Waals surface area contributed by atoms with Crippen LogP contribution in [-0.2, 0) is 4.74 Å². The first kappa shape index (κ1) is 9.21. The summed E-state index contributed by atoms with van der Waals surface area (Å²) in [5.41, 5.74) is 1.43. The molecule has 0 aromatic heterocycles. The molecule has 14 heavy (non-hydrogen) atoms. The second-order valence-corrected chi connectivity index (χ2v) is 3.49. The lowest BCUT2D eigenvalue weighted by atomic mass is 9.97. The SMILES string of the molecule is O=C(O)c1cccc([C@@H]2CCOC2)c1. The van der Waals surface area contributed by atoms with Crippen LogP contribution in [0.3, 0.4) is 0 Å². The molecule has 0 spiro atoms. The van der Waals surface area contributed by atoms with Crippen LogP contribution in [0.15, 0.2) is 24.3 Å². The van der Waals surface area contributed by atoms with E-state index >= 15 is 0 Å². The van der Waals surface area contributed by atoms with Crippen molar-refractivity contribution in [3.63, 3.8) is 0 Å². The van der Waals surface area contributed by atoms with E-state index in [4.69, 9.17) is 9.84 Å². The highest BCUT2D eigenvalue weighted by Crippen LogP contribution is 2.25. The van der Waals surface area contributed by atoms with Crippen LogP contribution in [0, 0.1) is 0 Å². The standard InChI is InChI=1S/C11H12O3/c12-11(13)9-3-1-2-8(6-9)10-4-5-14-7-10/h1-3,6,10H,4-5,7H2,(H,12,13)/t10-/m1/s1. The number of carboxylic acids is 1. The molecule has 0 aliphatic carbocycles. The summed E-state index contributed by atoms with van der Waals surface area (Å²) < 4.78 is 5.26. The second kappa shape index (κ2) is 3.80. The minimum Gasteiger partial charge on any atom is -0.478 e. The lowest BCUT2D eigenvalue weighted by molar-refractivity contribution is 0.0696. The Kier molecular flexibility index (Phi) is 2.50. The summed E-state index contributed by atoms with van der Waals surface area (Å²) in [6.45, 7) is 1.49. The fourth-order valence-corrected chi connectivity index (χ4v) is 1.72. The number of ether oxygens (including phenoxy) is 1. The van der Waals surface area contributed by atoms with Crippen LogP contribution in [-0.4, -0.2) is 24.3 Å². The first-order chi connectivity index (χ1) is 6.77. The molecule has 0 radical (unpaired) electrons. The maximum Gasteiger partial charge on any atom is 0.335 e. The number of rotatable bonds is 2. The fourth-order valence-electron chi connectivity index (χ4n) is 1.72. The molecule has 1 saturated heterocycles. The third-order valence-corrected chi connectivity index (χ3v) is 2.53. The Hall–Kier alpha value is -1.35. The van der Waals surface area contributed by atoms with Crippen molar-refractivity contribution in [3.05, 3.63) is 35.4 Å². The van der Waals surface area contributed by atoms with Crippen molar-refractivity contribution in [2.24, 2.45) is 0 Å².